The summed E-state index contributed by atoms with van der Waals surface area (Å²) in [6, 6.07) is 3.76. The average molecular weight is 397 g/mol. The number of piperazine rings is 1. The molecule has 1 aliphatic heterocycles. The van der Waals surface area contributed by atoms with Crippen LogP contribution in [-0.2, 0) is 10.0 Å². The quantitative estimate of drug-likeness (QED) is 0.614. The predicted octanol–water partition coefficient (Wildman–Crippen LogP) is 1.64. The SMILES string of the molecule is Cc1nc(N2CCN(c3ccc([N+](=O)[O-])cc3S(N)(=O)=O)CC2)sc1C. The van der Waals surface area contributed by atoms with Crippen LogP contribution in [0.1, 0.15) is 10.6 Å². The number of sulfonamides is 1. The zero-order valence-electron chi connectivity index (χ0n) is 14.4. The number of hydrogen-bond donors (Lipinski definition) is 1. The molecular weight excluding hydrogens is 378 g/mol. The number of nitro benzene ring substituents is 1. The molecule has 0 bridgehead atoms. The van der Waals surface area contributed by atoms with Crippen molar-refractivity contribution in [1.82, 2.24) is 4.98 Å². The number of hydrogen-bond acceptors (Lipinski definition) is 8. The molecule has 0 unspecified atom stereocenters. The van der Waals surface area contributed by atoms with Gasteiger partial charge in [0.25, 0.3) is 5.69 Å². The third-order valence-corrected chi connectivity index (χ3v) is 6.44. The number of nitrogens with two attached hydrogens (primary N) is 1. The molecule has 3 rings (SSSR count). The number of anilines is 2. The average Bonchev–Trinajstić information content (AvgIpc) is 2.93. The Labute approximate surface area is 155 Å². The van der Waals surface area contributed by atoms with E-state index in [2.05, 4.69) is 9.88 Å². The van der Waals surface area contributed by atoms with Gasteiger partial charge < -0.3 is 9.80 Å². The lowest BCUT2D eigenvalue weighted by molar-refractivity contribution is -0.385. The van der Waals surface area contributed by atoms with Crippen molar-refractivity contribution in [3.8, 4) is 0 Å². The summed E-state index contributed by atoms with van der Waals surface area (Å²) in [7, 11) is -4.08. The van der Waals surface area contributed by atoms with Crippen LogP contribution in [0.4, 0.5) is 16.5 Å². The molecule has 0 radical (unpaired) electrons. The summed E-state index contributed by atoms with van der Waals surface area (Å²) in [6.07, 6.45) is 0. The Morgan fingerprint density at radius 1 is 1.19 bits per heavy atom. The van der Waals surface area contributed by atoms with Crippen molar-refractivity contribution in [3.63, 3.8) is 0 Å². The van der Waals surface area contributed by atoms with E-state index in [-0.39, 0.29) is 10.6 Å². The van der Waals surface area contributed by atoms with Gasteiger partial charge in [-0.3, -0.25) is 10.1 Å². The van der Waals surface area contributed by atoms with Crippen molar-refractivity contribution >= 4 is 37.9 Å². The predicted molar refractivity (Wildman–Crippen MR) is 100 cm³/mol. The summed E-state index contributed by atoms with van der Waals surface area (Å²) in [5, 5.41) is 17.2. The van der Waals surface area contributed by atoms with Crippen LogP contribution in [0.2, 0.25) is 0 Å². The molecule has 1 fully saturated rings. The van der Waals surface area contributed by atoms with E-state index in [1.165, 1.54) is 17.0 Å². The van der Waals surface area contributed by atoms with Gasteiger partial charge in [0.1, 0.15) is 4.90 Å². The van der Waals surface area contributed by atoms with E-state index in [0.29, 0.717) is 31.9 Å². The van der Waals surface area contributed by atoms with Crippen LogP contribution in [-0.4, -0.2) is 44.5 Å². The van der Waals surface area contributed by atoms with Gasteiger partial charge in [-0.1, -0.05) is 0 Å². The largest absolute Gasteiger partial charge is 0.367 e. The monoisotopic (exact) mass is 397 g/mol. The van der Waals surface area contributed by atoms with Crippen molar-refractivity contribution in [2.75, 3.05) is 36.0 Å². The minimum Gasteiger partial charge on any atom is -0.367 e. The van der Waals surface area contributed by atoms with Crippen LogP contribution in [0.25, 0.3) is 0 Å². The number of primary sulfonamides is 1. The topological polar surface area (TPSA) is 123 Å². The number of non-ortho nitro benzene ring substituents is 1. The fourth-order valence-corrected chi connectivity index (χ4v) is 4.57. The maximum Gasteiger partial charge on any atom is 0.270 e. The number of rotatable bonds is 4. The molecule has 2 aromatic rings. The Morgan fingerprint density at radius 2 is 1.81 bits per heavy atom. The normalized spacial score (nSPS) is 15.3. The van der Waals surface area contributed by atoms with Crippen LogP contribution in [0.5, 0.6) is 0 Å². The Kier molecular flexibility index (Phi) is 4.86. The lowest BCUT2D eigenvalue weighted by Gasteiger charge is -2.36. The van der Waals surface area contributed by atoms with Gasteiger partial charge >= 0.3 is 0 Å². The van der Waals surface area contributed by atoms with Crippen molar-refractivity contribution in [2.24, 2.45) is 5.14 Å². The molecule has 0 aliphatic carbocycles. The van der Waals surface area contributed by atoms with Crippen LogP contribution >= 0.6 is 11.3 Å². The molecule has 0 saturated carbocycles. The molecule has 2 heterocycles. The zero-order chi connectivity index (χ0) is 19.1. The van der Waals surface area contributed by atoms with Crippen LogP contribution < -0.4 is 14.9 Å². The highest BCUT2D eigenvalue weighted by Crippen LogP contribution is 2.31. The maximum absolute atomic E-state index is 11.9. The highest BCUT2D eigenvalue weighted by Gasteiger charge is 2.26. The molecule has 140 valence electrons. The summed E-state index contributed by atoms with van der Waals surface area (Å²) in [5.41, 5.74) is 1.11. The fraction of sp³-hybridized carbons (Fsp3) is 0.400. The first-order chi connectivity index (χ1) is 12.2. The van der Waals surface area contributed by atoms with Crippen molar-refractivity contribution in [3.05, 3.63) is 38.9 Å². The minimum absolute atomic E-state index is 0.221. The van der Waals surface area contributed by atoms with E-state index in [9.17, 15) is 18.5 Å². The first-order valence-electron chi connectivity index (χ1n) is 7.92. The van der Waals surface area contributed by atoms with Gasteiger partial charge in [0, 0.05) is 43.2 Å². The van der Waals surface area contributed by atoms with E-state index < -0.39 is 14.9 Å². The molecular formula is C15H19N5O4S2. The molecule has 0 amide bonds. The molecule has 9 nitrogen and oxygen atoms in total. The van der Waals surface area contributed by atoms with E-state index in [1.807, 2.05) is 18.7 Å². The number of aryl methyl sites for hydroxylation is 2. The molecule has 1 aromatic heterocycles. The Bertz CT molecular complexity index is 929. The highest BCUT2D eigenvalue weighted by atomic mass is 32.2. The van der Waals surface area contributed by atoms with E-state index in [1.54, 1.807) is 11.3 Å². The van der Waals surface area contributed by atoms with Crippen LogP contribution in [0.15, 0.2) is 23.1 Å². The number of aromatic nitrogens is 1. The van der Waals surface area contributed by atoms with E-state index in [4.69, 9.17) is 5.14 Å². The standard InChI is InChI=1S/C15H19N5O4S2/c1-10-11(2)25-15(17-10)19-7-5-18(6-8-19)13-4-3-12(20(21)22)9-14(13)26(16,23)24/h3-4,9H,5-8H2,1-2H3,(H2,16,23,24). The Balaban J connectivity index is 1.84. The van der Waals surface area contributed by atoms with Crippen molar-refractivity contribution in [2.45, 2.75) is 18.7 Å². The molecule has 0 atom stereocenters. The number of benzene rings is 1. The molecule has 1 aromatic carbocycles. The fourth-order valence-electron chi connectivity index (χ4n) is 2.84. The second-order valence-electron chi connectivity index (χ2n) is 6.07. The van der Waals surface area contributed by atoms with Gasteiger partial charge in [0.15, 0.2) is 5.13 Å². The van der Waals surface area contributed by atoms with Crippen LogP contribution in [0, 0.1) is 24.0 Å². The maximum atomic E-state index is 11.9. The summed E-state index contributed by atoms with van der Waals surface area (Å²) < 4.78 is 23.8. The number of thiazole rings is 1. The number of nitrogens with zero attached hydrogens (tertiary/aromatic N) is 4. The zero-order valence-corrected chi connectivity index (χ0v) is 16.0. The second kappa shape index (κ2) is 6.82. The van der Waals surface area contributed by atoms with Gasteiger partial charge in [-0.05, 0) is 19.9 Å². The second-order valence-corrected chi connectivity index (χ2v) is 8.78. The minimum atomic E-state index is -4.08. The molecule has 26 heavy (non-hydrogen) atoms. The van der Waals surface area contributed by atoms with Gasteiger partial charge in [0.2, 0.25) is 10.0 Å². The van der Waals surface area contributed by atoms with Crippen LogP contribution in [0.3, 0.4) is 0 Å². The Morgan fingerprint density at radius 3 is 2.31 bits per heavy atom. The summed E-state index contributed by atoms with van der Waals surface area (Å²) in [5.74, 6) is 0. The van der Waals surface area contributed by atoms with Gasteiger partial charge in [0.05, 0.1) is 16.3 Å². The van der Waals surface area contributed by atoms with E-state index >= 15 is 0 Å². The van der Waals surface area contributed by atoms with Gasteiger partial charge in [-0.15, -0.1) is 11.3 Å². The van der Waals surface area contributed by atoms with Gasteiger partial charge in [-0.2, -0.15) is 0 Å². The van der Waals surface area contributed by atoms with Crippen molar-refractivity contribution < 1.29 is 13.3 Å². The molecule has 0 spiro atoms. The lowest BCUT2D eigenvalue weighted by Crippen LogP contribution is -2.47. The third-order valence-electron chi connectivity index (χ3n) is 4.37. The lowest BCUT2D eigenvalue weighted by atomic mass is 10.2. The molecule has 2 N–H and O–H groups in total. The highest BCUT2D eigenvalue weighted by molar-refractivity contribution is 7.89. The summed E-state index contributed by atoms with van der Waals surface area (Å²) in [4.78, 5) is 19.9. The number of nitro groups is 1. The Hall–Kier alpha value is -2.24. The first kappa shape index (κ1) is 18.5. The van der Waals surface area contributed by atoms with Crippen molar-refractivity contribution in [1.29, 1.82) is 0 Å². The smallest absolute Gasteiger partial charge is 0.270 e. The first-order valence-corrected chi connectivity index (χ1v) is 10.3. The molecule has 1 saturated heterocycles. The van der Waals surface area contributed by atoms with E-state index in [0.717, 1.165) is 16.9 Å². The molecule has 11 heteroatoms. The van der Waals surface area contributed by atoms with Gasteiger partial charge in [-0.25, -0.2) is 18.5 Å². The molecule has 1 aliphatic rings. The summed E-state index contributed by atoms with van der Waals surface area (Å²) >= 11 is 1.64. The third kappa shape index (κ3) is 3.64. The summed E-state index contributed by atoms with van der Waals surface area (Å²) in [6.45, 7) is 6.49.